The van der Waals surface area contributed by atoms with Gasteiger partial charge in [-0.25, -0.2) is 0 Å². The fourth-order valence-electron chi connectivity index (χ4n) is 3.60. The zero-order chi connectivity index (χ0) is 20.7. The second-order valence-corrected chi connectivity index (χ2v) is 9.80. The number of aliphatic hydroxyl groups is 4. The summed E-state index contributed by atoms with van der Waals surface area (Å²) in [5.41, 5.74) is 2.18. The molecule has 1 aromatic carbocycles. The number of aliphatic hydroxyl groups excluding tert-OH is 4. The van der Waals surface area contributed by atoms with Crippen molar-refractivity contribution in [1.29, 1.82) is 0 Å². The molecule has 6 nitrogen and oxygen atoms in total. The summed E-state index contributed by atoms with van der Waals surface area (Å²) in [7, 11) is 0. The summed E-state index contributed by atoms with van der Waals surface area (Å²) in [5.74, 6) is 0.311. The number of hydrogen-bond acceptors (Lipinski definition) is 6. The van der Waals surface area contributed by atoms with Gasteiger partial charge >= 0.3 is 0 Å². The van der Waals surface area contributed by atoms with Crippen LogP contribution in [0.2, 0.25) is 0 Å². The Kier molecular flexibility index (Phi) is 6.29. The predicted octanol–water partition coefficient (Wildman–Crippen LogP) is 1.29. The molecule has 154 valence electrons. The van der Waals surface area contributed by atoms with Gasteiger partial charge in [0.2, 0.25) is 0 Å². The molecule has 0 saturated heterocycles. The van der Waals surface area contributed by atoms with Crippen molar-refractivity contribution in [3.05, 3.63) is 28.8 Å². The highest BCUT2D eigenvalue weighted by molar-refractivity contribution is 5.49. The van der Waals surface area contributed by atoms with Crippen LogP contribution in [0.1, 0.15) is 64.7 Å². The van der Waals surface area contributed by atoms with Crippen molar-refractivity contribution in [2.45, 2.75) is 95.8 Å². The lowest BCUT2D eigenvalue weighted by Crippen LogP contribution is -2.59. The number of rotatable bonds is 3. The summed E-state index contributed by atoms with van der Waals surface area (Å²) >= 11 is 0. The van der Waals surface area contributed by atoms with Crippen LogP contribution in [0.3, 0.4) is 0 Å². The largest absolute Gasteiger partial charge is 0.507 e. The highest BCUT2D eigenvalue weighted by Gasteiger charge is 2.41. The number of hydrogen-bond donors (Lipinski definition) is 6. The fourth-order valence-corrected chi connectivity index (χ4v) is 3.60. The van der Waals surface area contributed by atoms with Crippen molar-refractivity contribution in [3.63, 3.8) is 0 Å². The first-order valence-electron chi connectivity index (χ1n) is 9.56. The molecule has 27 heavy (non-hydrogen) atoms. The molecule has 0 bridgehead atoms. The lowest BCUT2D eigenvalue weighted by atomic mass is 9.78. The van der Waals surface area contributed by atoms with Crippen LogP contribution in [0.15, 0.2) is 12.1 Å². The zero-order valence-electron chi connectivity index (χ0n) is 17.2. The van der Waals surface area contributed by atoms with E-state index in [0.29, 0.717) is 12.3 Å². The Bertz CT molecular complexity index is 627. The van der Waals surface area contributed by atoms with Gasteiger partial charge in [0.1, 0.15) is 18.0 Å². The summed E-state index contributed by atoms with van der Waals surface area (Å²) < 4.78 is 0. The molecule has 2 rings (SSSR count). The van der Waals surface area contributed by atoms with E-state index in [4.69, 9.17) is 0 Å². The van der Waals surface area contributed by atoms with Gasteiger partial charge in [0.15, 0.2) is 0 Å². The second-order valence-electron chi connectivity index (χ2n) is 9.80. The van der Waals surface area contributed by atoms with Crippen molar-refractivity contribution in [1.82, 2.24) is 5.32 Å². The molecule has 1 fully saturated rings. The average Bonchev–Trinajstić information content (AvgIpc) is 2.53. The van der Waals surface area contributed by atoms with Gasteiger partial charge in [-0.1, -0.05) is 53.7 Å². The fraction of sp³-hybridized carbons (Fsp3) is 0.714. The van der Waals surface area contributed by atoms with Crippen molar-refractivity contribution >= 4 is 0 Å². The molecule has 6 heteroatoms. The van der Waals surface area contributed by atoms with E-state index >= 15 is 0 Å². The minimum Gasteiger partial charge on any atom is -0.507 e. The monoisotopic (exact) mass is 381 g/mol. The maximum atomic E-state index is 10.8. The highest BCUT2D eigenvalue weighted by Crippen LogP contribution is 2.39. The van der Waals surface area contributed by atoms with E-state index in [9.17, 15) is 25.5 Å². The molecule has 1 aliphatic rings. The van der Waals surface area contributed by atoms with E-state index in [0.717, 1.165) is 16.7 Å². The molecule has 0 spiro atoms. The maximum absolute atomic E-state index is 10.8. The molecule has 0 aliphatic heterocycles. The normalized spacial score (nSPS) is 29.8. The standard InChI is InChI=1S/C21H35NO5/c1-20(2,3)12-7-11(8-13(16(12)24)21(4,5)6)10-22-14-9-15(23)18(26)19(27)17(14)25/h7-8,14-15,17-19,22-27H,9-10H2,1-6H3/t14-,15+,17-,18-,19-/m0/s1. The van der Waals surface area contributed by atoms with Crippen LogP contribution in [0.25, 0.3) is 0 Å². The molecule has 0 amide bonds. The number of phenolic OH excluding ortho intramolecular Hbond substituents is 1. The van der Waals surface area contributed by atoms with Crippen molar-refractivity contribution in [2.24, 2.45) is 0 Å². The van der Waals surface area contributed by atoms with Crippen molar-refractivity contribution in [3.8, 4) is 5.75 Å². The zero-order valence-corrected chi connectivity index (χ0v) is 17.2. The summed E-state index contributed by atoms with van der Waals surface area (Å²) in [6.45, 7) is 12.7. The lowest BCUT2D eigenvalue weighted by Gasteiger charge is -2.38. The van der Waals surface area contributed by atoms with E-state index in [1.807, 2.05) is 53.7 Å². The Morgan fingerprint density at radius 1 is 0.852 bits per heavy atom. The summed E-state index contributed by atoms with van der Waals surface area (Å²) in [4.78, 5) is 0. The molecule has 0 aromatic heterocycles. The van der Waals surface area contributed by atoms with E-state index in [2.05, 4.69) is 5.32 Å². The maximum Gasteiger partial charge on any atom is 0.123 e. The molecule has 0 radical (unpaired) electrons. The van der Waals surface area contributed by atoms with E-state index < -0.39 is 30.5 Å². The Balaban J connectivity index is 2.29. The molecule has 0 unspecified atom stereocenters. The Hall–Kier alpha value is -1.18. The third kappa shape index (κ3) is 4.81. The third-order valence-corrected chi connectivity index (χ3v) is 5.36. The van der Waals surface area contributed by atoms with Crippen LogP contribution in [-0.2, 0) is 17.4 Å². The summed E-state index contributed by atoms with van der Waals surface area (Å²) in [6.07, 6.45) is -4.83. The minimum absolute atomic E-state index is 0.149. The number of nitrogens with one attached hydrogen (secondary N) is 1. The van der Waals surface area contributed by atoms with Gasteiger partial charge < -0.3 is 30.8 Å². The molecule has 0 heterocycles. The average molecular weight is 382 g/mol. The highest BCUT2D eigenvalue weighted by atomic mass is 16.4. The topological polar surface area (TPSA) is 113 Å². The molecule has 6 N–H and O–H groups in total. The van der Waals surface area contributed by atoms with Gasteiger partial charge in [-0.15, -0.1) is 0 Å². The Labute approximate surface area is 161 Å². The Morgan fingerprint density at radius 3 is 1.78 bits per heavy atom. The quantitative estimate of drug-likeness (QED) is 0.470. The van der Waals surface area contributed by atoms with Gasteiger partial charge in [-0.2, -0.15) is 0 Å². The van der Waals surface area contributed by atoms with Gasteiger partial charge in [-0.3, -0.25) is 0 Å². The van der Waals surface area contributed by atoms with Gasteiger partial charge in [0.25, 0.3) is 0 Å². The third-order valence-electron chi connectivity index (χ3n) is 5.36. The number of benzene rings is 1. The Morgan fingerprint density at radius 2 is 1.33 bits per heavy atom. The molecular formula is C21H35NO5. The molecule has 1 aromatic rings. The van der Waals surface area contributed by atoms with Crippen LogP contribution in [0, 0.1) is 0 Å². The first-order valence-corrected chi connectivity index (χ1v) is 9.56. The molecular weight excluding hydrogens is 346 g/mol. The predicted molar refractivity (Wildman–Crippen MR) is 105 cm³/mol. The smallest absolute Gasteiger partial charge is 0.123 e. The van der Waals surface area contributed by atoms with Crippen molar-refractivity contribution in [2.75, 3.05) is 0 Å². The SMILES string of the molecule is CC(C)(C)c1cc(CN[C@H]2C[C@@H](O)[C@H](O)[C@@H](O)[C@H]2O)cc(C(C)(C)C)c1O. The molecule has 1 saturated carbocycles. The van der Waals surface area contributed by atoms with Gasteiger partial charge in [0.05, 0.1) is 12.2 Å². The lowest BCUT2D eigenvalue weighted by molar-refractivity contribution is -0.146. The first kappa shape index (κ1) is 22.1. The first-order chi connectivity index (χ1) is 12.2. The molecule has 5 atom stereocenters. The van der Waals surface area contributed by atoms with Gasteiger partial charge in [-0.05, 0) is 33.9 Å². The second kappa shape index (κ2) is 7.68. The van der Waals surface area contributed by atoms with Crippen molar-refractivity contribution < 1.29 is 25.5 Å². The minimum atomic E-state index is -1.39. The summed E-state index contributed by atoms with van der Waals surface area (Å²) in [6, 6.07) is 3.37. The van der Waals surface area contributed by atoms with E-state index in [1.165, 1.54) is 0 Å². The van der Waals surface area contributed by atoms with Crippen LogP contribution < -0.4 is 5.32 Å². The van der Waals surface area contributed by atoms with Crippen LogP contribution >= 0.6 is 0 Å². The van der Waals surface area contributed by atoms with Gasteiger partial charge in [0, 0.05) is 12.6 Å². The molecule has 1 aliphatic carbocycles. The van der Waals surface area contributed by atoms with Crippen LogP contribution in [-0.4, -0.2) is 56.0 Å². The summed E-state index contributed by atoms with van der Waals surface area (Å²) in [5, 5.41) is 53.6. The number of aromatic hydroxyl groups is 1. The van der Waals surface area contributed by atoms with E-state index in [-0.39, 0.29) is 17.3 Å². The van der Waals surface area contributed by atoms with Crippen LogP contribution in [0.4, 0.5) is 0 Å². The van der Waals surface area contributed by atoms with Crippen LogP contribution in [0.5, 0.6) is 5.75 Å². The van der Waals surface area contributed by atoms with E-state index in [1.54, 1.807) is 0 Å². The number of phenols is 1.